The first-order valence-corrected chi connectivity index (χ1v) is 6.37. The minimum atomic E-state index is 0. The monoisotopic (exact) mass is 431 g/mol. The molecule has 0 atom stereocenters. The van der Waals surface area contributed by atoms with Gasteiger partial charge in [-0.05, 0) is 17.7 Å². The molecule has 0 saturated heterocycles. The Morgan fingerprint density at radius 3 is 2.10 bits per heavy atom. The molecule has 20 heavy (non-hydrogen) atoms. The van der Waals surface area contributed by atoms with Crippen LogP contribution in [0.3, 0.4) is 0 Å². The van der Waals surface area contributed by atoms with Crippen LogP contribution in [0.15, 0.2) is 66.9 Å². The van der Waals surface area contributed by atoms with E-state index in [0.29, 0.717) is 0 Å². The molecule has 1 heterocycles. The van der Waals surface area contributed by atoms with E-state index < -0.39 is 0 Å². The predicted octanol–water partition coefficient (Wildman–Crippen LogP) is 3.91. The Labute approximate surface area is 133 Å². The van der Waals surface area contributed by atoms with Crippen LogP contribution in [0.2, 0.25) is 0 Å². The van der Waals surface area contributed by atoms with E-state index in [9.17, 15) is 0 Å². The third-order valence-corrected chi connectivity index (χ3v) is 3.13. The van der Waals surface area contributed by atoms with Crippen molar-refractivity contribution in [2.24, 2.45) is 0 Å². The van der Waals surface area contributed by atoms with Gasteiger partial charge in [0.05, 0.1) is 11.4 Å². The number of benzene rings is 2. The van der Waals surface area contributed by atoms with Crippen LogP contribution in [-0.4, -0.2) is 9.78 Å². The van der Waals surface area contributed by atoms with Gasteiger partial charge >= 0.3 is 0 Å². The molecule has 0 aliphatic rings. The van der Waals surface area contributed by atoms with E-state index in [1.54, 1.807) is 0 Å². The zero-order valence-corrected chi connectivity index (χ0v) is 14.0. The van der Waals surface area contributed by atoms with Crippen molar-refractivity contribution in [3.63, 3.8) is 0 Å². The Balaban J connectivity index is 0.00000147. The molecule has 0 spiro atoms. The first kappa shape index (κ1) is 14.7. The Morgan fingerprint density at radius 2 is 1.50 bits per heavy atom. The molecular weight excluding hydrogens is 416 g/mol. The number of hydrogen-bond acceptors (Lipinski definition) is 1. The first-order valence-electron chi connectivity index (χ1n) is 6.37. The van der Waals surface area contributed by atoms with Gasteiger partial charge in [0.15, 0.2) is 0 Å². The van der Waals surface area contributed by atoms with Gasteiger partial charge in [-0.2, -0.15) is 11.5 Å². The number of hydrogen-bond donors (Lipinski definition) is 0. The fraction of sp³-hybridized carbons (Fsp3) is 0.0588. The quantitative estimate of drug-likeness (QED) is 0.576. The third-order valence-electron chi connectivity index (χ3n) is 3.13. The summed E-state index contributed by atoms with van der Waals surface area (Å²) in [6.07, 6.45) is 2.79. The first-order chi connectivity index (χ1) is 9.38. The Morgan fingerprint density at radius 1 is 0.900 bits per heavy atom. The topological polar surface area (TPSA) is 17.8 Å². The second-order valence-electron chi connectivity index (χ2n) is 4.40. The van der Waals surface area contributed by atoms with Crippen LogP contribution in [0.25, 0.3) is 16.9 Å². The minimum absolute atomic E-state index is 0. The zero-order valence-electron chi connectivity index (χ0n) is 11.1. The summed E-state index contributed by atoms with van der Waals surface area (Å²) in [5.74, 6) is 0. The van der Waals surface area contributed by atoms with Crippen molar-refractivity contribution < 1.29 is 21.1 Å². The predicted molar refractivity (Wildman–Crippen MR) is 78.1 cm³/mol. The molecule has 0 unspecified atom stereocenters. The summed E-state index contributed by atoms with van der Waals surface area (Å²) >= 11 is 0. The SMILES string of the molecule is [CH2-]Cc1cn(-c2ccccc2)nc1-c1ccccc1.[W]. The van der Waals surface area contributed by atoms with E-state index in [2.05, 4.69) is 37.4 Å². The van der Waals surface area contributed by atoms with E-state index in [1.807, 2.05) is 41.1 Å². The van der Waals surface area contributed by atoms with Crippen molar-refractivity contribution in [3.8, 4) is 16.9 Å². The van der Waals surface area contributed by atoms with Gasteiger partial charge in [-0.25, -0.2) is 4.68 Å². The second-order valence-corrected chi connectivity index (χ2v) is 4.40. The van der Waals surface area contributed by atoms with Gasteiger partial charge in [-0.3, -0.25) is 0 Å². The normalized spacial score (nSPS) is 10.1. The average Bonchev–Trinajstić information content (AvgIpc) is 2.93. The molecule has 0 amide bonds. The summed E-state index contributed by atoms with van der Waals surface area (Å²) in [5.41, 5.74) is 4.38. The maximum atomic E-state index is 4.70. The van der Waals surface area contributed by atoms with Crippen LogP contribution >= 0.6 is 0 Å². The molecular formula is C17H15N2W-. The Kier molecular flexibility index (Phi) is 4.92. The van der Waals surface area contributed by atoms with Gasteiger partial charge in [-0.1, -0.05) is 48.5 Å². The van der Waals surface area contributed by atoms with Crippen molar-refractivity contribution in [1.29, 1.82) is 0 Å². The summed E-state index contributed by atoms with van der Waals surface area (Å²) in [5, 5.41) is 4.70. The molecule has 0 N–H and O–H groups in total. The largest absolute Gasteiger partial charge is 0.339 e. The molecule has 0 saturated carbocycles. The molecule has 3 aromatic rings. The van der Waals surface area contributed by atoms with Crippen LogP contribution in [0.4, 0.5) is 0 Å². The van der Waals surface area contributed by atoms with Crippen molar-refractivity contribution in [2.45, 2.75) is 6.42 Å². The van der Waals surface area contributed by atoms with E-state index in [0.717, 1.165) is 28.9 Å². The molecule has 1 aromatic heterocycles. The maximum Gasteiger partial charge on any atom is 0.0933 e. The van der Waals surface area contributed by atoms with Crippen molar-refractivity contribution >= 4 is 0 Å². The summed E-state index contributed by atoms with van der Waals surface area (Å²) in [4.78, 5) is 0. The summed E-state index contributed by atoms with van der Waals surface area (Å²) in [6, 6.07) is 20.4. The van der Waals surface area contributed by atoms with E-state index in [1.165, 1.54) is 0 Å². The van der Waals surface area contributed by atoms with E-state index in [4.69, 9.17) is 5.10 Å². The van der Waals surface area contributed by atoms with Gasteiger partial charge in [-0.15, -0.1) is 0 Å². The van der Waals surface area contributed by atoms with Gasteiger partial charge in [0.1, 0.15) is 0 Å². The molecule has 0 bridgehead atoms. The van der Waals surface area contributed by atoms with E-state index >= 15 is 0 Å². The molecule has 2 nitrogen and oxygen atoms in total. The van der Waals surface area contributed by atoms with Crippen molar-refractivity contribution in [3.05, 3.63) is 79.3 Å². The standard InChI is InChI=1S/C17H15N2.W/c1-2-14-13-19(16-11-7-4-8-12-16)18-17(14)15-9-5-3-6-10-15;/h3-13H,1-2H2;/q-1;. The van der Waals surface area contributed by atoms with Crippen LogP contribution in [0, 0.1) is 6.92 Å². The van der Waals surface area contributed by atoms with Crippen molar-refractivity contribution in [1.82, 2.24) is 9.78 Å². The molecule has 0 aliphatic heterocycles. The van der Waals surface area contributed by atoms with Gasteiger partial charge < -0.3 is 6.92 Å². The van der Waals surface area contributed by atoms with Crippen LogP contribution < -0.4 is 0 Å². The summed E-state index contributed by atoms with van der Waals surface area (Å²) < 4.78 is 1.92. The van der Waals surface area contributed by atoms with Crippen LogP contribution in [-0.2, 0) is 27.5 Å². The summed E-state index contributed by atoms with van der Waals surface area (Å²) in [7, 11) is 0. The fourth-order valence-corrected chi connectivity index (χ4v) is 2.14. The van der Waals surface area contributed by atoms with Gasteiger partial charge in [0, 0.05) is 32.8 Å². The van der Waals surface area contributed by atoms with Crippen LogP contribution in [0.1, 0.15) is 5.56 Å². The van der Waals surface area contributed by atoms with Crippen molar-refractivity contribution in [2.75, 3.05) is 0 Å². The Hall–Kier alpha value is -1.66. The maximum absolute atomic E-state index is 4.70. The average molecular weight is 431 g/mol. The molecule has 3 heteroatoms. The number of para-hydroxylation sites is 1. The number of nitrogens with zero attached hydrogens (tertiary/aromatic N) is 2. The molecule has 3 rings (SSSR count). The van der Waals surface area contributed by atoms with Gasteiger partial charge in [0.25, 0.3) is 0 Å². The van der Waals surface area contributed by atoms with E-state index in [-0.39, 0.29) is 21.1 Å². The molecule has 0 radical (unpaired) electrons. The molecule has 2 aromatic carbocycles. The Bertz CT molecular complexity index is 660. The van der Waals surface area contributed by atoms with Crippen LogP contribution in [0.5, 0.6) is 0 Å². The smallest absolute Gasteiger partial charge is 0.0933 e. The van der Waals surface area contributed by atoms with Gasteiger partial charge in [0.2, 0.25) is 0 Å². The number of aromatic nitrogens is 2. The molecule has 0 fully saturated rings. The molecule has 100 valence electrons. The third kappa shape index (κ3) is 2.91. The zero-order chi connectivity index (χ0) is 13.1. The second kappa shape index (κ2) is 6.67. The molecule has 0 aliphatic carbocycles. The minimum Gasteiger partial charge on any atom is -0.339 e. The fourth-order valence-electron chi connectivity index (χ4n) is 2.14. The number of rotatable bonds is 3. The summed E-state index contributed by atoms with van der Waals surface area (Å²) in [6.45, 7) is 4.00.